The molecule has 1 aliphatic heterocycles. The number of rotatable bonds is 3. The molecule has 0 unspecified atom stereocenters. The van der Waals surface area contributed by atoms with Crippen LogP contribution in [0.2, 0.25) is 0 Å². The Hall–Kier alpha value is -1.31. The SMILES string of the molecule is O=C(O)Cc1csc(N2CCC(C(F)(F)F)CC2)n1. The van der Waals surface area contributed by atoms with Crippen molar-refractivity contribution in [3.63, 3.8) is 0 Å². The van der Waals surface area contributed by atoms with Gasteiger partial charge in [-0.1, -0.05) is 0 Å². The molecule has 2 rings (SSSR count). The van der Waals surface area contributed by atoms with Crippen LogP contribution in [0, 0.1) is 5.92 Å². The molecule has 0 bridgehead atoms. The molecule has 1 aromatic heterocycles. The van der Waals surface area contributed by atoms with E-state index in [2.05, 4.69) is 4.98 Å². The quantitative estimate of drug-likeness (QED) is 0.931. The lowest BCUT2D eigenvalue weighted by atomic mass is 9.97. The van der Waals surface area contributed by atoms with Crippen molar-refractivity contribution < 1.29 is 23.1 Å². The molecule has 0 aliphatic carbocycles. The van der Waals surface area contributed by atoms with Gasteiger partial charge >= 0.3 is 12.1 Å². The molecular weight excluding hydrogens is 281 g/mol. The van der Waals surface area contributed by atoms with Crippen LogP contribution in [0.4, 0.5) is 18.3 Å². The third-order valence-corrected chi connectivity index (χ3v) is 4.05. The summed E-state index contributed by atoms with van der Waals surface area (Å²) < 4.78 is 37.6. The van der Waals surface area contributed by atoms with Crippen LogP contribution in [-0.2, 0) is 11.2 Å². The van der Waals surface area contributed by atoms with Gasteiger partial charge in [-0.15, -0.1) is 11.3 Å². The van der Waals surface area contributed by atoms with E-state index in [1.54, 1.807) is 10.3 Å². The monoisotopic (exact) mass is 294 g/mol. The highest BCUT2D eigenvalue weighted by atomic mass is 32.1. The molecule has 0 saturated carbocycles. The molecule has 4 nitrogen and oxygen atoms in total. The van der Waals surface area contributed by atoms with Gasteiger partial charge in [0.25, 0.3) is 0 Å². The number of halogens is 3. The normalized spacial score (nSPS) is 17.7. The van der Waals surface area contributed by atoms with E-state index in [-0.39, 0.29) is 19.3 Å². The van der Waals surface area contributed by atoms with Crippen molar-refractivity contribution in [2.45, 2.75) is 25.4 Å². The van der Waals surface area contributed by atoms with Crippen LogP contribution in [0.3, 0.4) is 0 Å². The van der Waals surface area contributed by atoms with E-state index in [4.69, 9.17) is 5.11 Å². The second kappa shape index (κ2) is 5.36. The standard InChI is InChI=1S/C11H13F3N2O2S/c12-11(13,14)7-1-3-16(4-2-7)10-15-8(6-19-10)5-9(17)18/h6-7H,1-5H2,(H,17,18). The van der Waals surface area contributed by atoms with E-state index in [9.17, 15) is 18.0 Å². The Bertz CT molecular complexity index is 453. The third kappa shape index (κ3) is 3.59. The Labute approximate surface area is 111 Å². The zero-order valence-corrected chi connectivity index (χ0v) is 10.8. The van der Waals surface area contributed by atoms with Crippen molar-refractivity contribution in [3.8, 4) is 0 Å². The maximum atomic E-state index is 12.5. The summed E-state index contributed by atoms with van der Waals surface area (Å²) in [5.74, 6) is -2.20. The molecule has 0 spiro atoms. The van der Waals surface area contributed by atoms with Crippen molar-refractivity contribution in [2.75, 3.05) is 18.0 Å². The minimum atomic E-state index is -4.12. The molecule has 19 heavy (non-hydrogen) atoms. The maximum absolute atomic E-state index is 12.5. The summed E-state index contributed by atoms with van der Waals surface area (Å²) in [4.78, 5) is 16.5. The predicted molar refractivity (Wildman–Crippen MR) is 64.4 cm³/mol. The first kappa shape index (κ1) is 14.1. The molecule has 0 amide bonds. The van der Waals surface area contributed by atoms with E-state index in [1.165, 1.54) is 11.3 Å². The van der Waals surface area contributed by atoms with Crippen molar-refractivity contribution in [2.24, 2.45) is 5.92 Å². The first-order valence-electron chi connectivity index (χ1n) is 5.84. The highest BCUT2D eigenvalue weighted by Crippen LogP contribution is 2.35. The number of hydrogen-bond acceptors (Lipinski definition) is 4. The molecular formula is C11H13F3N2O2S. The number of aromatic nitrogens is 1. The predicted octanol–water partition coefficient (Wildman–Crippen LogP) is 2.55. The minimum absolute atomic E-state index is 0.0668. The van der Waals surface area contributed by atoms with Crippen LogP contribution in [-0.4, -0.2) is 35.3 Å². The van der Waals surface area contributed by atoms with Crippen LogP contribution in [0.5, 0.6) is 0 Å². The third-order valence-electron chi connectivity index (χ3n) is 3.10. The van der Waals surface area contributed by atoms with Crippen LogP contribution in [0.1, 0.15) is 18.5 Å². The Balaban J connectivity index is 1.94. The van der Waals surface area contributed by atoms with E-state index in [1.807, 2.05) is 0 Å². The van der Waals surface area contributed by atoms with Gasteiger partial charge in [-0.05, 0) is 12.8 Å². The molecule has 1 aromatic rings. The van der Waals surface area contributed by atoms with Gasteiger partial charge in [0, 0.05) is 18.5 Å². The topological polar surface area (TPSA) is 53.4 Å². The van der Waals surface area contributed by atoms with Crippen LogP contribution in [0.25, 0.3) is 0 Å². The molecule has 1 fully saturated rings. The number of thiazole rings is 1. The van der Waals surface area contributed by atoms with Gasteiger partial charge in [0.2, 0.25) is 0 Å². The van der Waals surface area contributed by atoms with Crippen molar-refractivity contribution in [3.05, 3.63) is 11.1 Å². The van der Waals surface area contributed by atoms with E-state index in [0.29, 0.717) is 23.9 Å². The molecule has 0 radical (unpaired) electrons. The number of alkyl halides is 3. The summed E-state index contributed by atoms with van der Waals surface area (Å²) in [6, 6.07) is 0. The lowest BCUT2D eigenvalue weighted by molar-refractivity contribution is -0.179. The summed E-state index contributed by atoms with van der Waals surface area (Å²) in [6.07, 6.45) is -4.15. The zero-order valence-electron chi connectivity index (χ0n) is 9.98. The van der Waals surface area contributed by atoms with Gasteiger partial charge in [0.1, 0.15) is 0 Å². The molecule has 2 heterocycles. The van der Waals surface area contributed by atoms with Gasteiger partial charge in [0.05, 0.1) is 18.0 Å². The Kier molecular flexibility index (Phi) is 3.98. The molecule has 106 valence electrons. The largest absolute Gasteiger partial charge is 0.481 e. The average Bonchev–Trinajstić information content (AvgIpc) is 2.75. The second-order valence-electron chi connectivity index (χ2n) is 4.49. The number of aliphatic carboxylic acids is 1. The number of carboxylic acid groups (broad SMARTS) is 1. The van der Waals surface area contributed by atoms with Crippen molar-refractivity contribution in [1.82, 2.24) is 4.98 Å². The maximum Gasteiger partial charge on any atom is 0.391 e. The Morgan fingerprint density at radius 3 is 2.63 bits per heavy atom. The fourth-order valence-electron chi connectivity index (χ4n) is 2.08. The van der Waals surface area contributed by atoms with Crippen LogP contribution in [0.15, 0.2) is 5.38 Å². The molecule has 0 aromatic carbocycles. The lowest BCUT2D eigenvalue weighted by Crippen LogP contribution is -2.38. The van der Waals surface area contributed by atoms with Crippen LogP contribution < -0.4 is 4.90 Å². The molecule has 1 aliphatic rings. The Morgan fingerprint density at radius 2 is 2.11 bits per heavy atom. The average molecular weight is 294 g/mol. The second-order valence-corrected chi connectivity index (χ2v) is 5.33. The zero-order chi connectivity index (χ0) is 14.0. The van der Waals surface area contributed by atoms with Crippen LogP contribution >= 0.6 is 11.3 Å². The summed E-state index contributed by atoms with van der Waals surface area (Å²) in [6.45, 7) is 0.619. The first-order chi connectivity index (χ1) is 8.86. The number of hydrogen-bond donors (Lipinski definition) is 1. The fraction of sp³-hybridized carbons (Fsp3) is 0.636. The van der Waals surface area contributed by atoms with Gasteiger partial charge in [0.15, 0.2) is 5.13 Å². The van der Waals surface area contributed by atoms with E-state index in [0.717, 1.165) is 0 Å². The summed E-state index contributed by atoms with van der Waals surface area (Å²) in [5, 5.41) is 10.9. The highest BCUT2D eigenvalue weighted by molar-refractivity contribution is 7.13. The number of anilines is 1. The lowest BCUT2D eigenvalue weighted by Gasteiger charge is -2.32. The van der Waals surface area contributed by atoms with Crippen molar-refractivity contribution >= 4 is 22.4 Å². The smallest absolute Gasteiger partial charge is 0.391 e. The minimum Gasteiger partial charge on any atom is -0.481 e. The number of carboxylic acids is 1. The molecule has 0 atom stereocenters. The number of nitrogens with zero attached hydrogens (tertiary/aromatic N) is 2. The summed E-state index contributed by atoms with van der Waals surface area (Å²) in [5.41, 5.74) is 0.449. The van der Waals surface area contributed by atoms with Gasteiger partial charge < -0.3 is 10.0 Å². The Morgan fingerprint density at radius 1 is 1.47 bits per heavy atom. The fourth-order valence-corrected chi connectivity index (χ4v) is 2.95. The van der Waals surface area contributed by atoms with Crippen molar-refractivity contribution in [1.29, 1.82) is 0 Å². The summed E-state index contributed by atoms with van der Waals surface area (Å²) >= 11 is 1.28. The van der Waals surface area contributed by atoms with Gasteiger partial charge in [-0.2, -0.15) is 13.2 Å². The number of carbonyl (C=O) groups is 1. The first-order valence-corrected chi connectivity index (χ1v) is 6.72. The van der Waals surface area contributed by atoms with Gasteiger partial charge in [-0.25, -0.2) is 4.98 Å². The molecule has 1 saturated heterocycles. The molecule has 8 heteroatoms. The van der Waals surface area contributed by atoms with E-state index >= 15 is 0 Å². The highest BCUT2D eigenvalue weighted by Gasteiger charge is 2.41. The van der Waals surface area contributed by atoms with Gasteiger partial charge in [-0.3, -0.25) is 4.79 Å². The number of piperidine rings is 1. The van der Waals surface area contributed by atoms with E-state index < -0.39 is 18.1 Å². The molecule has 1 N–H and O–H groups in total. The summed E-state index contributed by atoms with van der Waals surface area (Å²) in [7, 11) is 0.